The van der Waals surface area contributed by atoms with Crippen LogP contribution in [0.1, 0.15) is 38.1 Å². The van der Waals surface area contributed by atoms with Crippen LogP contribution in [0.25, 0.3) is 10.9 Å². The minimum absolute atomic E-state index is 0.0186. The molecule has 2 atom stereocenters. The molecule has 3 rings (SSSR count). The molecule has 1 aromatic carbocycles. The molecule has 5 heteroatoms. The van der Waals surface area contributed by atoms with Gasteiger partial charge in [-0.3, -0.25) is 9.36 Å². The lowest BCUT2D eigenvalue weighted by Crippen LogP contribution is -2.43. The first-order valence-corrected chi connectivity index (χ1v) is 8.09. The third-order valence-corrected chi connectivity index (χ3v) is 4.49. The summed E-state index contributed by atoms with van der Waals surface area (Å²) in [5.74, 6) is 0.791. The number of piperidine rings is 1. The van der Waals surface area contributed by atoms with E-state index in [2.05, 4.69) is 22.5 Å². The number of aromatic nitrogens is 2. The highest BCUT2D eigenvalue weighted by molar-refractivity contribution is 5.77. The summed E-state index contributed by atoms with van der Waals surface area (Å²) in [5.41, 5.74) is 0.787. The minimum Gasteiger partial charge on any atom is -0.313 e. The zero-order valence-electron chi connectivity index (χ0n) is 13.3. The van der Waals surface area contributed by atoms with Gasteiger partial charge in [0.15, 0.2) is 0 Å². The van der Waals surface area contributed by atoms with Crippen LogP contribution < -0.4 is 16.2 Å². The zero-order chi connectivity index (χ0) is 15.5. The van der Waals surface area contributed by atoms with Gasteiger partial charge in [0.2, 0.25) is 0 Å². The van der Waals surface area contributed by atoms with Crippen molar-refractivity contribution in [3.63, 3.8) is 0 Å². The van der Waals surface area contributed by atoms with Crippen molar-refractivity contribution in [3.05, 3.63) is 40.4 Å². The van der Waals surface area contributed by atoms with Crippen LogP contribution in [0, 0.1) is 0 Å². The standard InChI is InChI=1S/C17H24N4O/c1-12(19-11-13-7-5-6-10-18-13)16-20-15-9-4-3-8-14(15)17(22)21(16)2/h3-4,8-9,12-13,18-19H,5-7,10-11H2,1-2H3. The first-order chi connectivity index (χ1) is 10.7. The van der Waals surface area contributed by atoms with Crippen molar-refractivity contribution in [2.75, 3.05) is 13.1 Å². The van der Waals surface area contributed by atoms with Crippen LogP contribution in [0.15, 0.2) is 29.1 Å². The van der Waals surface area contributed by atoms with Crippen molar-refractivity contribution in [2.24, 2.45) is 7.05 Å². The second-order valence-electron chi connectivity index (χ2n) is 6.13. The van der Waals surface area contributed by atoms with E-state index in [1.54, 1.807) is 11.6 Å². The maximum absolute atomic E-state index is 12.4. The molecule has 118 valence electrons. The van der Waals surface area contributed by atoms with E-state index in [4.69, 9.17) is 0 Å². The Morgan fingerprint density at radius 2 is 2.23 bits per heavy atom. The van der Waals surface area contributed by atoms with Gasteiger partial charge in [0.1, 0.15) is 5.82 Å². The molecule has 0 amide bonds. The number of rotatable bonds is 4. The maximum Gasteiger partial charge on any atom is 0.261 e. The van der Waals surface area contributed by atoms with Crippen molar-refractivity contribution in [1.29, 1.82) is 0 Å². The number of nitrogens with zero attached hydrogens (tertiary/aromatic N) is 2. The number of benzene rings is 1. The summed E-state index contributed by atoms with van der Waals surface area (Å²) < 4.78 is 1.66. The summed E-state index contributed by atoms with van der Waals surface area (Å²) in [6.07, 6.45) is 3.77. The van der Waals surface area contributed by atoms with E-state index >= 15 is 0 Å². The summed E-state index contributed by atoms with van der Waals surface area (Å²) in [7, 11) is 1.80. The molecule has 2 unspecified atom stereocenters. The first-order valence-electron chi connectivity index (χ1n) is 8.09. The van der Waals surface area contributed by atoms with Crippen LogP contribution in [0.4, 0.5) is 0 Å². The molecule has 1 saturated heterocycles. The van der Waals surface area contributed by atoms with Crippen LogP contribution in [-0.2, 0) is 7.05 Å². The summed E-state index contributed by atoms with van der Waals surface area (Å²) in [5, 5.41) is 7.72. The molecule has 1 aromatic heterocycles. The fourth-order valence-corrected chi connectivity index (χ4v) is 3.13. The molecule has 2 N–H and O–H groups in total. The predicted octanol–water partition coefficient (Wildman–Crippen LogP) is 1.73. The van der Waals surface area contributed by atoms with E-state index in [1.807, 2.05) is 24.3 Å². The lowest BCUT2D eigenvalue weighted by molar-refractivity contribution is 0.366. The Kier molecular flexibility index (Phi) is 4.55. The number of fused-ring (bicyclic) bond motifs is 1. The molecule has 1 aliphatic rings. The predicted molar refractivity (Wildman–Crippen MR) is 89.0 cm³/mol. The van der Waals surface area contributed by atoms with E-state index in [9.17, 15) is 4.79 Å². The normalized spacial score (nSPS) is 20.2. The van der Waals surface area contributed by atoms with Crippen molar-refractivity contribution in [1.82, 2.24) is 20.2 Å². The molecule has 2 heterocycles. The van der Waals surface area contributed by atoms with E-state index in [1.165, 1.54) is 19.3 Å². The van der Waals surface area contributed by atoms with E-state index in [-0.39, 0.29) is 11.6 Å². The monoisotopic (exact) mass is 300 g/mol. The van der Waals surface area contributed by atoms with Gasteiger partial charge in [-0.15, -0.1) is 0 Å². The van der Waals surface area contributed by atoms with E-state index in [0.29, 0.717) is 11.4 Å². The number of hydrogen-bond donors (Lipinski definition) is 2. The molecule has 5 nitrogen and oxygen atoms in total. The fraction of sp³-hybridized carbons (Fsp3) is 0.529. The highest BCUT2D eigenvalue weighted by atomic mass is 16.1. The Balaban J connectivity index is 1.79. The Morgan fingerprint density at radius 1 is 1.41 bits per heavy atom. The smallest absolute Gasteiger partial charge is 0.261 e. The van der Waals surface area contributed by atoms with Gasteiger partial charge < -0.3 is 10.6 Å². The third kappa shape index (κ3) is 3.05. The molecule has 22 heavy (non-hydrogen) atoms. The van der Waals surface area contributed by atoms with Gasteiger partial charge in [0.05, 0.1) is 16.9 Å². The van der Waals surface area contributed by atoms with Gasteiger partial charge in [-0.05, 0) is 38.4 Å². The van der Waals surface area contributed by atoms with Gasteiger partial charge in [0, 0.05) is 19.6 Å². The summed E-state index contributed by atoms with van der Waals surface area (Å²) in [4.78, 5) is 17.1. The molecule has 2 aromatic rings. The highest BCUT2D eigenvalue weighted by Gasteiger charge is 2.17. The van der Waals surface area contributed by atoms with Crippen LogP contribution in [-0.4, -0.2) is 28.7 Å². The van der Waals surface area contributed by atoms with Crippen LogP contribution in [0.5, 0.6) is 0 Å². The summed E-state index contributed by atoms with van der Waals surface area (Å²) >= 11 is 0. The van der Waals surface area contributed by atoms with E-state index in [0.717, 1.165) is 24.4 Å². The van der Waals surface area contributed by atoms with Gasteiger partial charge in [0.25, 0.3) is 5.56 Å². The Hall–Kier alpha value is -1.72. The van der Waals surface area contributed by atoms with Gasteiger partial charge in [-0.25, -0.2) is 4.98 Å². The second kappa shape index (κ2) is 6.58. The SMILES string of the molecule is CC(NCC1CCCCN1)c1nc2ccccc2c(=O)n1C. The Bertz CT molecular complexity index is 703. The molecule has 0 saturated carbocycles. The number of hydrogen-bond acceptors (Lipinski definition) is 4. The summed E-state index contributed by atoms with van der Waals surface area (Å²) in [6.45, 7) is 4.08. The number of para-hydroxylation sites is 1. The largest absolute Gasteiger partial charge is 0.313 e. The molecular formula is C17H24N4O. The molecule has 0 bridgehead atoms. The van der Waals surface area contributed by atoms with Crippen LogP contribution >= 0.6 is 0 Å². The average Bonchev–Trinajstić information content (AvgIpc) is 2.57. The van der Waals surface area contributed by atoms with Crippen molar-refractivity contribution < 1.29 is 0 Å². The lowest BCUT2D eigenvalue weighted by atomic mass is 10.0. The van der Waals surface area contributed by atoms with Crippen LogP contribution in [0.3, 0.4) is 0 Å². The van der Waals surface area contributed by atoms with Gasteiger partial charge in [-0.2, -0.15) is 0 Å². The van der Waals surface area contributed by atoms with Crippen molar-refractivity contribution >= 4 is 10.9 Å². The Labute approximate surface area is 130 Å². The molecule has 1 fully saturated rings. The second-order valence-corrected chi connectivity index (χ2v) is 6.13. The highest BCUT2D eigenvalue weighted by Crippen LogP contribution is 2.13. The van der Waals surface area contributed by atoms with Crippen LogP contribution in [0.2, 0.25) is 0 Å². The zero-order valence-corrected chi connectivity index (χ0v) is 13.3. The van der Waals surface area contributed by atoms with Crippen molar-refractivity contribution in [3.8, 4) is 0 Å². The lowest BCUT2D eigenvalue weighted by Gasteiger charge is -2.26. The van der Waals surface area contributed by atoms with Gasteiger partial charge in [-0.1, -0.05) is 18.6 Å². The van der Waals surface area contributed by atoms with Gasteiger partial charge >= 0.3 is 0 Å². The quantitative estimate of drug-likeness (QED) is 0.903. The number of nitrogens with one attached hydrogen (secondary N) is 2. The fourth-order valence-electron chi connectivity index (χ4n) is 3.13. The first kappa shape index (κ1) is 15.2. The molecular weight excluding hydrogens is 276 g/mol. The van der Waals surface area contributed by atoms with Crippen molar-refractivity contribution in [2.45, 2.75) is 38.3 Å². The molecule has 0 spiro atoms. The topological polar surface area (TPSA) is 59.0 Å². The average molecular weight is 300 g/mol. The Morgan fingerprint density at radius 3 is 3.00 bits per heavy atom. The minimum atomic E-state index is 0.0186. The third-order valence-electron chi connectivity index (χ3n) is 4.49. The van der Waals surface area contributed by atoms with E-state index < -0.39 is 0 Å². The molecule has 1 aliphatic heterocycles. The molecule has 0 radical (unpaired) electrons. The summed E-state index contributed by atoms with van der Waals surface area (Å²) in [6, 6.07) is 8.10. The molecule has 0 aliphatic carbocycles. The maximum atomic E-state index is 12.4.